The van der Waals surface area contributed by atoms with Crippen LogP contribution in [0.1, 0.15) is 31.0 Å². The van der Waals surface area contributed by atoms with Gasteiger partial charge in [0.25, 0.3) is 5.69 Å². The first-order valence-electron chi connectivity index (χ1n) is 8.90. The maximum Gasteiger partial charge on any atom is 0.271 e. The molecule has 10 nitrogen and oxygen atoms in total. The van der Waals surface area contributed by atoms with Crippen LogP contribution in [0.15, 0.2) is 47.5 Å². The Morgan fingerprint density at radius 1 is 1.30 bits per heavy atom. The number of non-ortho nitro benzene ring substituents is 1. The van der Waals surface area contributed by atoms with Crippen molar-refractivity contribution in [3.63, 3.8) is 0 Å². The Hall–Kier alpha value is -4.15. The van der Waals surface area contributed by atoms with E-state index in [0.29, 0.717) is 22.6 Å². The Balaban J connectivity index is 2.04. The summed E-state index contributed by atoms with van der Waals surface area (Å²) in [6.45, 7) is 3.40. The molecule has 2 aromatic carbocycles. The van der Waals surface area contributed by atoms with E-state index in [4.69, 9.17) is 10.00 Å². The van der Waals surface area contributed by atoms with Crippen molar-refractivity contribution >= 4 is 17.3 Å². The number of hydrogen-bond acceptors (Lipinski definition) is 7. The minimum absolute atomic E-state index is 0.0203. The molecule has 0 fully saturated rings. The highest BCUT2D eigenvalue weighted by molar-refractivity contribution is 5.95. The molecule has 0 bridgehead atoms. The van der Waals surface area contributed by atoms with E-state index in [9.17, 15) is 20.5 Å². The van der Waals surface area contributed by atoms with Gasteiger partial charge in [0.05, 0.1) is 16.6 Å². The number of nitro groups is 1. The maximum absolute atomic E-state index is 11.0. The monoisotopic (exact) mass is 406 g/mol. The quantitative estimate of drug-likeness (QED) is 0.175. The number of rotatable bonds is 3. The first-order valence-corrected chi connectivity index (χ1v) is 8.90. The predicted molar refractivity (Wildman–Crippen MR) is 108 cm³/mol. The van der Waals surface area contributed by atoms with Crippen LogP contribution in [-0.4, -0.2) is 27.7 Å². The molecule has 152 valence electrons. The number of nitriles is 2. The van der Waals surface area contributed by atoms with Gasteiger partial charge in [0, 0.05) is 23.4 Å². The minimum Gasteiger partial charge on any atom is -0.485 e. The summed E-state index contributed by atoms with van der Waals surface area (Å²) in [5.74, 6) is 0.442. The fraction of sp³-hybridized carbons (Fsp3) is 0.250. The molecule has 1 aliphatic rings. The molecule has 30 heavy (non-hydrogen) atoms. The Kier molecular flexibility index (Phi) is 5.54. The molecule has 0 amide bonds. The van der Waals surface area contributed by atoms with Crippen molar-refractivity contribution in [2.75, 3.05) is 5.32 Å². The summed E-state index contributed by atoms with van der Waals surface area (Å²) in [5.41, 5.74) is 0.0634. The second kappa shape index (κ2) is 8.07. The Morgan fingerprint density at radius 2 is 2.07 bits per heavy atom. The first-order chi connectivity index (χ1) is 14.2. The zero-order valence-corrected chi connectivity index (χ0v) is 16.2. The highest BCUT2D eigenvalue weighted by Crippen LogP contribution is 2.42. The number of aliphatic hydroxyl groups excluding tert-OH is 1. The van der Waals surface area contributed by atoms with Crippen LogP contribution in [0.25, 0.3) is 0 Å². The zero-order valence-electron chi connectivity index (χ0n) is 16.2. The topological polar surface area (TPSA) is 157 Å². The van der Waals surface area contributed by atoms with Crippen molar-refractivity contribution in [1.29, 1.82) is 10.5 Å². The number of anilines is 1. The van der Waals surface area contributed by atoms with E-state index >= 15 is 0 Å². The van der Waals surface area contributed by atoms with Gasteiger partial charge in [-0.1, -0.05) is 6.07 Å². The number of hydrogen-bond donors (Lipinski definition) is 3. The van der Waals surface area contributed by atoms with Gasteiger partial charge >= 0.3 is 0 Å². The van der Waals surface area contributed by atoms with Crippen LogP contribution in [0, 0.1) is 32.9 Å². The molecule has 0 saturated heterocycles. The number of guanidine groups is 1. The average molecular weight is 406 g/mol. The standard InChI is InChI=1S/C20H18N6O4/c1-20(2)18(27)17(15-8-12(10-21)6-7-16(15)30-20)25-19(23-11-22)24-13-4-3-5-14(9-13)26(28)29/h3-9,17-18,27H,1-2H3,(H2,23,24,25)/t17-,18+/m0/s1. The number of aliphatic imine (C=N–C) groups is 1. The summed E-state index contributed by atoms with van der Waals surface area (Å²) in [6, 6.07) is 11.7. The summed E-state index contributed by atoms with van der Waals surface area (Å²) in [5, 5.41) is 45.4. The molecule has 0 aromatic heterocycles. The van der Waals surface area contributed by atoms with Gasteiger partial charge in [-0.05, 0) is 38.1 Å². The summed E-state index contributed by atoms with van der Waals surface area (Å²) in [7, 11) is 0. The van der Waals surface area contributed by atoms with Gasteiger partial charge in [-0.15, -0.1) is 0 Å². The SMILES string of the molecule is CC1(C)Oc2ccc(C#N)cc2[C@H](N=C(NC#N)Nc2cccc([N+](=O)[O-])c2)[C@H]1O. The van der Waals surface area contributed by atoms with Gasteiger partial charge in [-0.3, -0.25) is 15.4 Å². The number of nitro benzene ring substituents is 1. The van der Waals surface area contributed by atoms with Gasteiger partial charge in [0.2, 0.25) is 5.96 Å². The van der Waals surface area contributed by atoms with Crippen LogP contribution < -0.4 is 15.4 Å². The smallest absolute Gasteiger partial charge is 0.271 e. The predicted octanol–water partition coefficient (Wildman–Crippen LogP) is 2.58. The highest BCUT2D eigenvalue weighted by atomic mass is 16.6. The second-order valence-electron chi connectivity index (χ2n) is 7.11. The summed E-state index contributed by atoms with van der Waals surface area (Å²) in [6.07, 6.45) is 0.659. The van der Waals surface area contributed by atoms with E-state index in [2.05, 4.69) is 15.6 Å². The molecular weight excluding hydrogens is 388 g/mol. The Bertz CT molecular complexity index is 1100. The number of benzene rings is 2. The molecule has 0 radical (unpaired) electrons. The maximum atomic E-state index is 11.0. The van der Waals surface area contributed by atoms with Crippen molar-refractivity contribution < 1.29 is 14.8 Å². The van der Waals surface area contributed by atoms with Crippen LogP contribution in [0.2, 0.25) is 0 Å². The van der Waals surface area contributed by atoms with Gasteiger partial charge < -0.3 is 15.2 Å². The van der Waals surface area contributed by atoms with Crippen LogP contribution in [0.5, 0.6) is 5.75 Å². The third-order valence-corrected chi connectivity index (χ3v) is 4.60. The van der Waals surface area contributed by atoms with E-state index in [0.717, 1.165) is 0 Å². The molecule has 3 rings (SSSR count). The van der Waals surface area contributed by atoms with Crippen molar-refractivity contribution in [2.45, 2.75) is 31.6 Å². The third-order valence-electron chi connectivity index (χ3n) is 4.60. The molecule has 0 unspecified atom stereocenters. The lowest BCUT2D eigenvalue weighted by molar-refractivity contribution is -0.384. The summed E-state index contributed by atoms with van der Waals surface area (Å²) in [4.78, 5) is 14.9. The Morgan fingerprint density at radius 3 is 2.73 bits per heavy atom. The number of nitrogens with one attached hydrogen (secondary N) is 2. The molecule has 0 saturated carbocycles. The molecule has 1 aliphatic heterocycles. The van der Waals surface area contributed by atoms with Crippen LogP contribution in [0.3, 0.4) is 0 Å². The van der Waals surface area contributed by atoms with Gasteiger partial charge in [0.1, 0.15) is 23.5 Å². The number of aliphatic hydroxyl groups is 1. The van der Waals surface area contributed by atoms with Crippen molar-refractivity contribution in [2.24, 2.45) is 4.99 Å². The van der Waals surface area contributed by atoms with E-state index < -0.39 is 22.7 Å². The van der Waals surface area contributed by atoms with E-state index in [1.54, 1.807) is 44.3 Å². The number of fused-ring (bicyclic) bond motifs is 1. The molecule has 0 spiro atoms. The molecule has 10 heteroatoms. The number of nitrogens with zero attached hydrogens (tertiary/aromatic N) is 4. The average Bonchev–Trinajstić information content (AvgIpc) is 2.71. The summed E-state index contributed by atoms with van der Waals surface area (Å²) >= 11 is 0. The van der Waals surface area contributed by atoms with Gasteiger partial charge in [-0.2, -0.15) is 10.5 Å². The van der Waals surface area contributed by atoms with E-state index in [1.165, 1.54) is 18.2 Å². The molecule has 2 aromatic rings. The molecule has 0 aliphatic carbocycles. The van der Waals surface area contributed by atoms with Crippen LogP contribution in [-0.2, 0) is 0 Å². The zero-order chi connectivity index (χ0) is 21.9. The normalized spacial score (nSPS) is 19.4. The van der Waals surface area contributed by atoms with E-state index in [-0.39, 0.29) is 11.6 Å². The molecule has 1 heterocycles. The van der Waals surface area contributed by atoms with Crippen LogP contribution >= 0.6 is 0 Å². The van der Waals surface area contributed by atoms with Crippen molar-refractivity contribution in [1.82, 2.24) is 5.32 Å². The lowest BCUT2D eigenvalue weighted by atomic mass is 9.86. The van der Waals surface area contributed by atoms with Gasteiger partial charge in [-0.25, -0.2) is 4.99 Å². The van der Waals surface area contributed by atoms with Crippen LogP contribution in [0.4, 0.5) is 11.4 Å². The number of ether oxygens (including phenoxy) is 1. The van der Waals surface area contributed by atoms with E-state index in [1.807, 2.05) is 6.07 Å². The fourth-order valence-corrected chi connectivity index (χ4v) is 3.10. The first kappa shape index (κ1) is 20.6. The second-order valence-corrected chi connectivity index (χ2v) is 7.11. The molecule has 2 atom stereocenters. The lowest BCUT2D eigenvalue weighted by Crippen LogP contribution is -2.49. The van der Waals surface area contributed by atoms with Gasteiger partial charge in [0.15, 0.2) is 6.19 Å². The minimum atomic E-state index is -1.10. The van der Waals surface area contributed by atoms with Crippen molar-refractivity contribution in [3.05, 3.63) is 63.7 Å². The molecular formula is C20H18N6O4. The third kappa shape index (κ3) is 4.14. The largest absolute Gasteiger partial charge is 0.485 e. The fourth-order valence-electron chi connectivity index (χ4n) is 3.10. The summed E-state index contributed by atoms with van der Waals surface area (Å²) < 4.78 is 5.85. The van der Waals surface area contributed by atoms with Crippen molar-refractivity contribution in [3.8, 4) is 18.0 Å². The highest BCUT2D eigenvalue weighted by Gasteiger charge is 2.43. The Labute approximate surface area is 172 Å². The molecule has 3 N–H and O–H groups in total. The lowest BCUT2D eigenvalue weighted by Gasteiger charge is -2.40.